The molecule has 2 atom stereocenters. The molecule has 2 unspecified atom stereocenters. The molecule has 0 aliphatic carbocycles. The standard InChI is InChI=1S/C24H36N4O2/c1-24(2,3)30-18-22-17-28(16-21(22)15-27-9-11-29-12-10-27)14-20-13-25-26-23(20)19-7-5-4-6-8-19/h4-8,13,21-22H,9-12,14-18H2,1-3H3,(H,25,26). The number of hydrogen-bond donors (Lipinski definition) is 1. The number of benzene rings is 1. The molecule has 2 aliphatic heterocycles. The minimum Gasteiger partial charge on any atom is -0.379 e. The van der Waals surface area contributed by atoms with Crippen LogP contribution in [0.3, 0.4) is 0 Å². The summed E-state index contributed by atoms with van der Waals surface area (Å²) in [5, 5.41) is 7.61. The summed E-state index contributed by atoms with van der Waals surface area (Å²) in [5.74, 6) is 1.18. The number of ether oxygens (including phenoxy) is 2. The average molecular weight is 413 g/mol. The van der Waals surface area contributed by atoms with Crippen LogP contribution in [0.15, 0.2) is 36.5 Å². The van der Waals surface area contributed by atoms with Crippen molar-refractivity contribution in [2.45, 2.75) is 32.9 Å². The van der Waals surface area contributed by atoms with Crippen LogP contribution >= 0.6 is 0 Å². The third-order valence-corrected chi connectivity index (χ3v) is 6.14. The largest absolute Gasteiger partial charge is 0.379 e. The second-order valence-electron chi connectivity index (χ2n) is 9.68. The lowest BCUT2D eigenvalue weighted by molar-refractivity contribution is -0.0313. The van der Waals surface area contributed by atoms with E-state index in [9.17, 15) is 0 Å². The lowest BCUT2D eigenvalue weighted by atomic mass is 9.96. The maximum atomic E-state index is 6.22. The fourth-order valence-corrected chi connectivity index (χ4v) is 4.56. The number of aromatic nitrogens is 2. The molecule has 2 fully saturated rings. The van der Waals surface area contributed by atoms with Gasteiger partial charge in [0, 0.05) is 62.5 Å². The summed E-state index contributed by atoms with van der Waals surface area (Å²) in [6.45, 7) is 15.3. The van der Waals surface area contributed by atoms with E-state index in [0.29, 0.717) is 11.8 Å². The Bertz CT molecular complexity index is 780. The van der Waals surface area contributed by atoms with E-state index < -0.39 is 0 Å². The van der Waals surface area contributed by atoms with Gasteiger partial charge in [0.15, 0.2) is 0 Å². The number of likely N-dealkylation sites (tertiary alicyclic amines) is 1. The predicted molar refractivity (Wildman–Crippen MR) is 119 cm³/mol. The van der Waals surface area contributed by atoms with Crippen molar-refractivity contribution in [2.75, 3.05) is 52.5 Å². The lowest BCUT2D eigenvalue weighted by Gasteiger charge is -2.31. The number of nitrogens with one attached hydrogen (secondary N) is 1. The first-order valence-corrected chi connectivity index (χ1v) is 11.2. The van der Waals surface area contributed by atoms with Gasteiger partial charge in [-0.05, 0) is 26.7 Å². The minimum absolute atomic E-state index is 0.0953. The molecule has 0 amide bonds. The third-order valence-electron chi connectivity index (χ3n) is 6.14. The number of hydrogen-bond acceptors (Lipinski definition) is 5. The Morgan fingerprint density at radius 3 is 2.53 bits per heavy atom. The number of aromatic amines is 1. The molecule has 0 spiro atoms. The van der Waals surface area contributed by atoms with E-state index in [1.165, 1.54) is 11.1 Å². The Morgan fingerprint density at radius 1 is 1.07 bits per heavy atom. The van der Waals surface area contributed by atoms with Gasteiger partial charge in [0.25, 0.3) is 0 Å². The van der Waals surface area contributed by atoms with E-state index in [4.69, 9.17) is 9.47 Å². The van der Waals surface area contributed by atoms with Crippen LogP contribution in [0.4, 0.5) is 0 Å². The van der Waals surface area contributed by atoms with Crippen molar-refractivity contribution in [3.05, 3.63) is 42.1 Å². The maximum Gasteiger partial charge on any atom is 0.0965 e. The predicted octanol–water partition coefficient (Wildman–Crippen LogP) is 3.27. The zero-order valence-corrected chi connectivity index (χ0v) is 18.6. The van der Waals surface area contributed by atoms with Crippen LogP contribution in [-0.2, 0) is 16.0 Å². The summed E-state index contributed by atoms with van der Waals surface area (Å²) in [6.07, 6.45) is 2.05. The molecule has 2 aromatic rings. The van der Waals surface area contributed by atoms with Gasteiger partial charge in [-0.15, -0.1) is 0 Å². The normalized spacial score (nSPS) is 23.8. The Balaban J connectivity index is 1.43. The minimum atomic E-state index is -0.0953. The van der Waals surface area contributed by atoms with Gasteiger partial charge in [0.1, 0.15) is 0 Å². The maximum absolute atomic E-state index is 6.22. The van der Waals surface area contributed by atoms with Crippen molar-refractivity contribution in [3.8, 4) is 11.3 Å². The van der Waals surface area contributed by atoms with Gasteiger partial charge in [0.2, 0.25) is 0 Å². The molecule has 1 N–H and O–H groups in total. The van der Waals surface area contributed by atoms with Gasteiger partial charge in [0.05, 0.1) is 31.1 Å². The summed E-state index contributed by atoms with van der Waals surface area (Å²) < 4.78 is 11.8. The Morgan fingerprint density at radius 2 is 1.80 bits per heavy atom. The molecular weight excluding hydrogens is 376 g/mol. The number of rotatable bonds is 7. The monoisotopic (exact) mass is 412 g/mol. The van der Waals surface area contributed by atoms with E-state index in [2.05, 4.69) is 71.2 Å². The first kappa shape index (κ1) is 21.5. The Labute approximate surface area is 180 Å². The summed E-state index contributed by atoms with van der Waals surface area (Å²) in [6, 6.07) is 10.5. The van der Waals surface area contributed by atoms with Crippen LogP contribution in [-0.4, -0.2) is 78.1 Å². The van der Waals surface area contributed by atoms with Gasteiger partial charge in [-0.3, -0.25) is 14.9 Å². The zero-order chi connectivity index (χ0) is 21.0. The molecule has 0 bridgehead atoms. The Hall–Kier alpha value is -1.73. The summed E-state index contributed by atoms with van der Waals surface area (Å²) >= 11 is 0. The summed E-state index contributed by atoms with van der Waals surface area (Å²) in [7, 11) is 0. The van der Waals surface area contributed by atoms with Crippen LogP contribution < -0.4 is 0 Å². The van der Waals surface area contributed by atoms with E-state index in [1.54, 1.807) is 0 Å². The van der Waals surface area contributed by atoms with Crippen molar-refractivity contribution in [3.63, 3.8) is 0 Å². The molecule has 0 radical (unpaired) electrons. The van der Waals surface area contributed by atoms with E-state index >= 15 is 0 Å². The first-order valence-electron chi connectivity index (χ1n) is 11.2. The van der Waals surface area contributed by atoms with Crippen LogP contribution in [0.2, 0.25) is 0 Å². The highest BCUT2D eigenvalue weighted by molar-refractivity contribution is 5.62. The molecule has 4 rings (SSSR count). The van der Waals surface area contributed by atoms with E-state index in [-0.39, 0.29) is 5.60 Å². The molecule has 6 nitrogen and oxygen atoms in total. The number of H-pyrrole nitrogens is 1. The molecular formula is C24H36N4O2. The average Bonchev–Trinajstić information content (AvgIpc) is 3.34. The van der Waals surface area contributed by atoms with Gasteiger partial charge in [-0.25, -0.2) is 0 Å². The van der Waals surface area contributed by atoms with Gasteiger partial charge < -0.3 is 9.47 Å². The molecule has 0 saturated carbocycles. The summed E-state index contributed by atoms with van der Waals surface area (Å²) in [5.41, 5.74) is 3.41. The SMILES string of the molecule is CC(C)(C)OCC1CN(Cc2c[nH]nc2-c2ccccc2)CC1CN1CCOCC1. The van der Waals surface area contributed by atoms with Crippen LogP contribution in [0, 0.1) is 11.8 Å². The van der Waals surface area contributed by atoms with Gasteiger partial charge >= 0.3 is 0 Å². The molecule has 2 aliphatic rings. The van der Waals surface area contributed by atoms with Crippen molar-refractivity contribution in [1.82, 2.24) is 20.0 Å². The molecule has 1 aromatic carbocycles. The van der Waals surface area contributed by atoms with Gasteiger partial charge in [-0.2, -0.15) is 5.10 Å². The molecule has 1 aromatic heterocycles. The van der Waals surface area contributed by atoms with E-state index in [0.717, 1.165) is 64.8 Å². The lowest BCUT2D eigenvalue weighted by Crippen LogP contribution is -2.41. The van der Waals surface area contributed by atoms with Crippen molar-refractivity contribution < 1.29 is 9.47 Å². The quantitative estimate of drug-likeness (QED) is 0.756. The number of morpholine rings is 1. The van der Waals surface area contributed by atoms with Crippen molar-refractivity contribution in [1.29, 1.82) is 0 Å². The van der Waals surface area contributed by atoms with Crippen molar-refractivity contribution in [2.24, 2.45) is 11.8 Å². The zero-order valence-electron chi connectivity index (χ0n) is 18.6. The van der Waals surface area contributed by atoms with Crippen LogP contribution in [0.1, 0.15) is 26.3 Å². The molecule has 164 valence electrons. The topological polar surface area (TPSA) is 53.6 Å². The van der Waals surface area contributed by atoms with E-state index in [1.807, 2.05) is 6.07 Å². The second kappa shape index (κ2) is 9.60. The first-order chi connectivity index (χ1) is 14.5. The van der Waals surface area contributed by atoms with Crippen LogP contribution in [0.25, 0.3) is 11.3 Å². The Kier molecular flexibility index (Phi) is 6.88. The molecule has 30 heavy (non-hydrogen) atoms. The third kappa shape index (κ3) is 5.70. The summed E-state index contributed by atoms with van der Waals surface area (Å²) in [4.78, 5) is 5.15. The van der Waals surface area contributed by atoms with Crippen LogP contribution in [0.5, 0.6) is 0 Å². The highest BCUT2D eigenvalue weighted by atomic mass is 16.5. The molecule has 3 heterocycles. The van der Waals surface area contributed by atoms with Crippen molar-refractivity contribution >= 4 is 0 Å². The van der Waals surface area contributed by atoms with Gasteiger partial charge in [-0.1, -0.05) is 30.3 Å². The smallest absolute Gasteiger partial charge is 0.0965 e. The molecule has 6 heteroatoms. The fraction of sp³-hybridized carbons (Fsp3) is 0.625. The second-order valence-corrected chi connectivity index (χ2v) is 9.68. The molecule has 2 saturated heterocycles. The fourth-order valence-electron chi connectivity index (χ4n) is 4.56. The highest BCUT2D eigenvalue weighted by Gasteiger charge is 2.35. The number of nitrogens with zero attached hydrogens (tertiary/aromatic N) is 3. The highest BCUT2D eigenvalue weighted by Crippen LogP contribution is 2.30.